The normalized spacial score (nSPS) is 15.5. The largest absolute Gasteiger partial charge is 0.453 e. The Labute approximate surface area is 189 Å². The highest BCUT2D eigenvalue weighted by atomic mass is 16.3. The highest BCUT2D eigenvalue weighted by Crippen LogP contribution is 2.38. The summed E-state index contributed by atoms with van der Waals surface area (Å²) in [6.07, 6.45) is 1.39. The lowest BCUT2D eigenvalue weighted by molar-refractivity contribution is -0.660. The Balaban J connectivity index is 1.67. The van der Waals surface area contributed by atoms with E-state index >= 15 is 0 Å². The fraction of sp³-hybridized carbons (Fsp3) is 0.143. The van der Waals surface area contributed by atoms with Crippen LogP contribution in [-0.4, -0.2) is 4.98 Å². The Bertz CT molecular complexity index is 1880. The van der Waals surface area contributed by atoms with Gasteiger partial charge < -0.3 is 4.42 Å². The number of hydrogen-bond acceptors (Lipinski definition) is 2. The van der Waals surface area contributed by atoms with Crippen LogP contribution >= 0.6 is 0 Å². The number of rotatable bonds is 1. The predicted octanol–water partition coefficient (Wildman–Crippen LogP) is 6.70. The second-order valence-electron chi connectivity index (χ2n) is 8.06. The number of benzene rings is 3. The van der Waals surface area contributed by atoms with Gasteiger partial charge in [-0.15, -0.1) is 0 Å². The van der Waals surface area contributed by atoms with Gasteiger partial charge in [0.2, 0.25) is 5.69 Å². The molecule has 31 heavy (non-hydrogen) atoms. The summed E-state index contributed by atoms with van der Waals surface area (Å²) in [5.41, 5.74) is 4.53. The Hall–Kier alpha value is -3.72. The molecule has 6 aromatic rings. The highest BCUT2D eigenvalue weighted by Gasteiger charge is 2.22. The van der Waals surface area contributed by atoms with Crippen LogP contribution in [0.25, 0.3) is 55.0 Å². The SMILES string of the molecule is [2H]C([2H])([2H])c1cc(-c2c(C)ccc3c2oc2cc4cc5ccccc5cc4nc23)[n+](C)cc1C([2H])([2H])[2H]. The minimum absolute atomic E-state index is 0.187. The summed E-state index contributed by atoms with van der Waals surface area (Å²) >= 11 is 0. The smallest absolute Gasteiger partial charge is 0.216 e. The van der Waals surface area contributed by atoms with Crippen LogP contribution in [0.1, 0.15) is 24.9 Å². The van der Waals surface area contributed by atoms with Gasteiger partial charge in [0.25, 0.3) is 0 Å². The summed E-state index contributed by atoms with van der Waals surface area (Å²) in [5, 5.41) is 3.98. The van der Waals surface area contributed by atoms with Gasteiger partial charge in [0, 0.05) is 30.6 Å². The van der Waals surface area contributed by atoms with Crippen LogP contribution in [0.5, 0.6) is 0 Å². The third-order valence-corrected chi connectivity index (χ3v) is 6.01. The molecule has 0 fully saturated rings. The van der Waals surface area contributed by atoms with Gasteiger partial charge in [0.15, 0.2) is 17.4 Å². The summed E-state index contributed by atoms with van der Waals surface area (Å²) in [6, 6.07) is 19.6. The van der Waals surface area contributed by atoms with Crippen molar-refractivity contribution in [1.29, 1.82) is 0 Å². The van der Waals surface area contributed by atoms with E-state index in [4.69, 9.17) is 17.6 Å². The summed E-state index contributed by atoms with van der Waals surface area (Å²) < 4.78 is 55.7. The van der Waals surface area contributed by atoms with Crippen molar-refractivity contribution >= 4 is 43.7 Å². The van der Waals surface area contributed by atoms with Gasteiger partial charge in [-0.05, 0) is 66.8 Å². The average molecular weight is 410 g/mol. The number of aromatic nitrogens is 2. The zero-order chi connectivity index (χ0) is 26.3. The van der Waals surface area contributed by atoms with Gasteiger partial charge in [-0.1, -0.05) is 30.3 Å². The molecule has 0 bridgehead atoms. The van der Waals surface area contributed by atoms with Crippen molar-refractivity contribution < 1.29 is 17.2 Å². The van der Waals surface area contributed by atoms with Crippen LogP contribution in [0.3, 0.4) is 0 Å². The molecule has 3 aromatic heterocycles. The van der Waals surface area contributed by atoms with Crippen LogP contribution in [0.15, 0.2) is 71.3 Å². The monoisotopic (exact) mass is 409 g/mol. The Morgan fingerprint density at radius 3 is 2.48 bits per heavy atom. The molecular weight excluding hydrogens is 380 g/mol. The number of pyridine rings is 2. The fourth-order valence-corrected chi connectivity index (χ4v) is 4.41. The average Bonchev–Trinajstić information content (AvgIpc) is 3.17. The lowest BCUT2D eigenvalue weighted by Gasteiger charge is -2.07. The molecule has 0 aliphatic heterocycles. The standard InChI is InChI=1S/C28H23N2O/c1-16-9-10-22-27-25(14-21-12-19-7-5-6-8-20(19)13-23(21)29-27)31-28(22)26(16)24-11-17(2)18(3)15-30(24)4/h5-15H,1-4H3/q+1/i2D3,3D3. The number of aryl methyl sites for hydroxylation is 4. The minimum atomic E-state index is -2.59. The van der Waals surface area contributed by atoms with E-state index in [1.165, 1.54) is 12.3 Å². The van der Waals surface area contributed by atoms with Gasteiger partial charge >= 0.3 is 0 Å². The Kier molecular flexibility index (Phi) is 2.65. The van der Waals surface area contributed by atoms with E-state index < -0.39 is 13.7 Å². The van der Waals surface area contributed by atoms with E-state index in [1.54, 1.807) is 11.6 Å². The topological polar surface area (TPSA) is 29.9 Å². The van der Waals surface area contributed by atoms with Crippen molar-refractivity contribution in [2.45, 2.75) is 20.6 Å². The summed E-state index contributed by atoms with van der Waals surface area (Å²) in [4.78, 5) is 4.94. The van der Waals surface area contributed by atoms with Crippen molar-refractivity contribution in [3.8, 4) is 11.3 Å². The first-order valence-corrected chi connectivity index (χ1v) is 10.1. The molecule has 3 heterocycles. The number of hydrogen-bond donors (Lipinski definition) is 0. The van der Waals surface area contributed by atoms with Crippen LogP contribution in [-0.2, 0) is 7.05 Å². The molecule has 3 heteroatoms. The number of nitrogens with zero attached hydrogens (tertiary/aromatic N) is 2. The van der Waals surface area contributed by atoms with Crippen molar-refractivity contribution in [2.24, 2.45) is 7.05 Å². The van der Waals surface area contributed by atoms with E-state index in [2.05, 4.69) is 24.3 Å². The summed E-state index contributed by atoms with van der Waals surface area (Å²) in [5.74, 6) is 0. The Morgan fingerprint density at radius 1 is 0.871 bits per heavy atom. The molecule has 150 valence electrons. The first-order valence-electron chi connectivity index (χ1n) is 13.1. The molecule has 3 aromatic carbocycles. The van der Waals surface area contributed by atoms with Crippen molar-refractivity contribution in [3.05, 3.63) is 83.6 Å². The maximum absolute atomic E-state index is 8.01. The van der Waals surface area contributed by atoms with E-state index in [1.807, 2.05) is 37.3 Å². The molecule has 0 N–H and O–H groups in total. The quantitative estimate of drug-likeness (QED) is 0.223. The molecule has 0 spiro atoms. The Morgan fingerprint density at radius 2 is 1.68 bits per heavy atom. The van der Waals surface area contributed by atoms with Gasteiger partial charge in [-0.25, -0.2) is 9.55 Å². The van der Waals surface area contributed by atoms with Gasteiger partial charge in [0.1, 0.15) is 12.6 Å². The lowest BCUT2D eigenvalue weighted by Crippen LogP contribution is -2.31. The molecule has 0 amide bonds. The second-order valence-corrected chi connectivity index (χ2v) is 8.06. The first kappa shape index (κ1) is 12.9. The predicted molar refractivity (Wildman–Crippen MR) is 127 cm³/mol. The maximum Gasteiger partial charge on any atom is 0.216 e. The molecule has 6 rings (SSSR count). The van der Waals surface area contributed by atoms with Crippen molar-refractivity contribution in [1.82, 2.24) is 4.98 Å². The van der Waals surface area contributed by atoms with E-state index in [9.17, 15) is 0 Å². The van der Waals surface area contributed by atoms with E-state index in [-0.39, 0.29) is 11.1 Å². The van der Waals surface area contributed by atoms with Crippen molar-refractivity contribution in [3.63, 3.8) is 0 Å². The summed E-state index contributed by atoms with van der Waals surface area (Å²) in [6.45, 7) is -3.23. The minimum Gasteiger partial charge on any atom is -0.453 e. The molecule has 0 atom stereocenters. The van der Waals surface area contributed by atoms with Crippen LogP contribution in [0.4, 0.5) is 0 Å². The summed E-state index contributed by atoms with van der Waals surface area (Å²) in [7, 11) is 1.72. The zero-order valence-electron chi connectivity index (χ0n) is 23.2. The van der Waals surface area contributed by atoms with E-state index in [0.29, 0.717) is 22.4 Å². The zero-order valence-corrected chi connectivity index (χ0v) is 17.2. The van der Waals surface area contributed by atoms with Gasteiger partial charge in [-0.3, -0.25) is 0 Å². The maximum atomic E-state index is 8.01. The molecule has 0 saturated heterocycles. The van der Waals surface area contributed by atoms with Gasteiger partial charge in [-0.2, -0.15) is 0 Å². The molecule has 0 aliphatic carbocycles. The number of furan rings is 1. The van der Waals surface area contributed by atoms with Crippen molar-refractivity contribution in [2.75, 3.05) is 0 Å². The second kappa shape index (κ2) is 6.39. The first-order chi connectivity index (χ1) is 17.4. The molecule has 0 aliphatic rings. The molecule has 0 radical (unpaired) electrons. The fourth-order valence-electron chi connectivity index (χ4n) is 4.41. The molecule has 3 nitrogen and oxygen atoms in total. The highest BCUT2D eigenvalue weighted by molar-refractivity contribution is 6.11. The molecule has 0 unspecified atom stereocenters. The molecular formula is C28H23N2O+. The van der Waals surface area contributed by atoms with Gasteiger partial charge in [0.05, 0.1) is 11.1 Å². The van der Waals surface area contributed by atoms with Crippen LogP contribution < -0.4 is 4.57 Å². The third kappa shape index (κ3) is 2.66. The lowest BCUT2D eigenvalue weighted by atomic mass is 9.99. The van der Waals surface area contributed by atoms with Crippen LogP contribution in [0.2, 0.25) is 0 Å². The third-order valence-electron chi connectivity index (χ3n) is 6.01. The number of fused-ring (bicyclic) bond motifs is 5. The molecule has 0 saturated carbocycles. The van der Waals surface area contributed by atoms with Crippen LogP contribution in [0, 0.1) is 20.6 Å². The van der Waals surface area contributed by atoms with E-state index in [0.717, 1.165) is 38.1 Å².